The lowest BCUT2D eigenvalue weighted by Crippen LogP contribution is -2.65. The smallest absolute Gasteiger partial charge is 0.0244 e. The Morgan fingerprint density at radius 3 is 1.94 bits per heavy atom. The summed E-state index contributed by atoms with van der Waals surface area (Å²) in [6.07, 6.45) is 3.80. The molecule has 0 spiro atoms. The quantitative estimate of drug-likeness (QED) is 0.823. The average Bonchev–Trinajstić information content (AvgIpc) is 2.32. The first-order valence-electron chi connectivity index (χ1n) is 7.80. The molecule has 18 heavy (non-hydrogen) atoms. The molecular formula is C16H34N2. The lowest BCUT2D eigenvalue weighted by Gasteiger charge is -2.53. The van der Waals surface area contributed by atoms with Crippen molar-refractivity contribution >= 4 is 0 Å². The standard InChI is InChI=1S/C16H34N2/c1-8-16(9-2,10-3)18-12-14(15(5,6)7)17-11-13(18)4/h13-14,17H,8-12H2,1-7H3. The van der Waals surface area contributed by atoms with Crippen molar-refractivity contribution in [2.24, 2.45) is 5.41 Å². The summed E-state index contributed by atoms with van der Waals surface area (Å²) < 4.78 is 0. The molecule has 0 aromatic heterocycles. The number of nitrogens with zero attached hydrogens (tertiary/aromatic N) is 1. The highest BCUT2D eigenvalue weighted by molar-refractivity contribution is 4.98. The first-order chi connectivity index (χ1) is 8.30. The minimum Gasteiger partial charge on any atom is -0.311 e. The van der Waals surface area contributed by atoms with Crippen LogP contribution in [0, 0.1) is 5.41 Å². The molecule has 1 fully saturated rings. The van der Waals surface area contributed by atoms with Crippen molar-refractivity contribution in [2.45, 2.75) is 85.4 Å². The van der Waals surface area contributed by atoms with Crippen LogP contribution in [0.25, 0.3) is 0 Å². The number of hydrogen-bond acceptors (Lipinski definition) is 2. The van der Waals surface area contributed by atoms with Gasteiger partial charge < -0.3 is 5.32 Å². The van der Waals surface area contributed by atoms with E-state index in [4.69, 9.17) is 0 Å². The number of rotatable bonds is 4. The van der Waals surface area contributed by atoms with Crippen LogP contribution in [0.15, 0.2) is 0 Å². The van der Waals surface area contributed by atoms with Gasteiger partial charge in [0.15, 0.2) is 0 Å². The molecule has 1 heterocycles. The predicted octanol–water partition coefficient (Wildman–Crippen LogP) is 3.66. The van der Waals surface area contributed by atoms with Crippen LogP contribution in [0.5, 0.6) is 0 Å². The van der Waals surface area contributed by atoms with Gasteiger partial charge in [-0.1, -0.05) is 41.5 Å². The minimum atomic E-state index is 0.347. The third-order valence-electron chi connectivity index (χ3n) is 5.20. The molecule has 0 radical (unpaired) electrons. The van der Waals surface area contributed by atoms with E-state index in [0.29, 0.717) is 23.0 Å². The largest absolute Gasteiger partial charge is 0.311 e. The molecule has 2 unspecified atom stereocenters. The van der Waals surface area contributed by atoms with Crippen molar-refractivity contribution < 1.29 is 0 Å². The summed E-state index contributed by atoms with van der Waals surface area (Å²) in [6.45, 7) is 18.8. The summed E-state index contributed by atoms with van der Waals surface area (Å²) >= 11 is 0. The van der Waals surface area contributed by atoms with Gasteiger partial charge in [0.2, 0.25) is 0 Å². The van der Waals surface area contributed by atoms with Crippen molar-refractivity contribution in [3.05, 3.63) is 0 Å². The highest BCUT2D eigenvalue weighted by Crippen LogP contribution is 2.33. The van der Waals surface area contributed by atoms with Crippen molar-refractivity contribution in [1.29, 1.82) is 0 Å². The van der Waals surface area contributed by atoms with Crippen LogP contribution in [0.2, 0.25) is 0 Å². The van der Waals surface area contributed by atoms with Gasteiger partial charge >= 0.3 is 0 Å². The highest BCUT2D eigenvalue weighted by atomic mass is 15.3. The van der Waals surface area contributed by atoms with E-state index >= 15 is 0 Å². The van der Waals surface area contributed by atoms with Gasteiger partial charge in [-0.05, 0) is 31.6 Å². The fraction of sp³-hybridized carbons (Fsp3) is 1.00. The van der Waals surface area contributed by atoms with Gasteiger partial charge in [-0.15, -0.1) is 0 Å². The summed E-state index contributed by atoms with van der Waals surface area (Å²) in [7, 11) is 0. The molecule has 1 N–H and O–H groups in total. The van der Waals surface area contributed by atoms with Crippen LogP contribution < -0.4 is 5.32 Å². The highest BCUT2D eigenvalue weighted by Gasteiger charge is 2.40. The van der Waals surface area contributed by atoms with Gasteiger partial charge in [-0.2, -0.15) is 0 Å². The topological polar surface area (TPSA) is 15.3 Å². The maximum atomic E-state index is 3.74. The number of nitrogens with one attached hydrogen (secondary N) is 1. The molecule has 0 amide bonds. The van der Waals surface area contributed by atoms with E-state index in [9.17, 15) is 0 Å². The molecule has 2 atom stereocenters. The van der Waals surface area contributed by atoms with Gasteiger partial charge in [-0.25, -0.2) is 0 Å². The van der Waals surface area contributed by atoms with Crippen LogP contribution in [-0.2, 0) is 0 Å². The first-order valence-corrected chi connectivity index (χ1v) is 7.80. The Labute approximate surface area is 115 Å². The molecule has 0 aromatic rings. The molecule has 1 aliphatic heterocycles. The second kappa shape index (κ2) is 5.92. The molecule has 1 saturated heterocycles. The maximum absolute atomic E-state index is 3.74. The van der Waals surface area contributed by atoms with Crippen LogP contribution in [0.4, 0.5) is 0 Å². The van der Waals surface area contributed by atoms with Gasteiger partial charge in [0.25, 0.3) is 0 Å². The first kappa shape index (κ1) is 16.0. The zero-order valence-electron chi connectivity index (χ0n) is 13.6. The fourth-order valence-corrected chi connectivity index (χ4v) is 3.46. The molecule has 2 heteroatoms. The van der Waals surface area contributed by atoms with Crippen molar-refractivity contribution in [3.63, 3.8) is 0 Å². The van der Waals surface area contributed by atoms with Crippen LogP contribution in [0.1, 0.15) is 67.7 Å². The summed E-state index contributed by atoms with van der Waals surface area (Å²) in [4.78, 5) is 2.79. The van der Waals surface area contributed by atoms with Crippen molar-refractivity contribution in [2.75, 3.05) is 13.1 Å². The lowest BCUT2D eigenvalue weighted by molar-refractivity contribution is -0.0109. The predicted molar refractivity (Wildman–Crippen MR) is 81.0 cm³/mol. The number of piperazine rings is 1. The summed E-state index contributed by atoms with van der Waals surface area (Å²) in [6, 6.07) is 1.26. The Bertz CT molecular complexity index is 242. The van der Waals surface area contributed by atoms with E-state index in [0.717, 1.165) is 6.54 Å². The molecular weight excluding hydrogens is 220 g/mol. The maximum Gasteiger partial charge on any atom is 0.0244 e. The van der Waals surface area contributed by atoms with Gasteiger partial charge in [0.1, 0.15) is 0 Å². The molecule has 1 rings (SSSR count). The monoisotopic (exact) mass is 254 g/mol. The van der Waals surface area contributed by atoms with E-state index < -0.39 is 0 Å². The zero-order chi connectivity index (χ0) is 14.0. The van der Waals surface area contributed by atoms with E-state index in [-0.39, 0.29) is 0 Å². The Morgan fingerprint density at radius 2 is 1.56 bits per heavy atom. The Balaban J connectivity index is 2.91. The van der Waals surface area contributed by atoms with Crippen molar-refractivity contribution in [3.8, 4) is 0 Å². The fourth-order valence-electron chi connectivity index (χ4n) is 3.46. The molecule has 108 valence electrons. The van der Waals surface area contributed by atoms with E-state index in [1.54, 1.807) is 0 Å². The lowest BCUT2D eigenvalue weighted by atomic mass is 9.80. The summed E-state index contributed by atoms with van der Waals surface area (Å²) in [5.74, 6) is 0. The molecule has 0 aliphatic carbocycles. The Hall–Kier alpha value is -0.0800. The molecule has 0 bridgehead atoms. The van der Waals surface area contributed by atoms with Crippen LogP contribution in [-0.4, -0.2) is 35.6 Å². The van der Waals surface area contributed by atoms with Crippen LogP contribution >= 0.6 is 0 Å². The molecule has 0 aromatic carbocycles. The molecule has 1 aliphatic rings. The van der Waals surface area contributed by atoms with Crippen LogP contribution in [0.3, 0.4) is 0 Å². The molecule has 2 nitrogen and oxygen atoms in total. The second-order valence-corrected chi connectivity index (χ2v) is 7.11. The minimum absolute atomic E-state index is 0.347. The molecule has 0 saturated carbocycles. The second-order valence-electron chi connectivity index (χ2n) is 7.11. The summed E-state index contributed by atoms with van der Waals surface area (Å²) in [5, 5.41) is 3.74. The van der Waals surface area contributed by atoms with Gasteiger partial charge in [-0.3, -0.25) is 4.90 Å². The average molecular weight is 254 g/mol. The van der Waals surface area contributed by atoms with E-state index in [1.807, 2.05) is 0 Å². The summed E-state index contributed by atoms with van der Waals surface area (Å²) in [5.41, 5.74) is 0.754. The Kier molecular flexibility index (Phi) is 5.25. The van der Waals surface area contributed by atoms with E-state index in [2.05, 4.69) is 58.7 Å². The normalized spacial score (nSPS) is 27.5. The number of hydrogen-bond donors (Lipinski definition) is 1. The Morgan fingerprint density at radius 1 is 1.06 bits per heavy atom. The SMILES string of the molecule is CCC(CC)(CC)N1CC(C(C)(C)C)NCC1C. The van der Waals surface area contributed by atoms with Gasteiger partial charge in [0, 0.05) is 30.7 Å². The van der Waals surface area contributed by atoms with Crippen molar-refractivity contribution in [1.82, 2.24) is 10.2 Å². The van der Waals surface area contributed by atoms with Gasteiger partial charge in [0.05, 0.1) is 0 Å². The third kappa shape index (κ3) is 3.08. The third-order valence-corrected chi connectivity index (χ3v) is 5.20. The van der Waals surface area contributed by atoms with E-state index in [1.165, 1.54) is 25.8 Å². The zero-order valence-corrected chi connectivity index (χ0v) is 13.6.